The molecule has 2 nitrogen and oxygen atoms in total. The quantitative estimate of drug-likeness (QED) is 0.703. The number of anilines is 1. The third-order valence-electron chi connectivity index (χ3n) is 2.96. The molecule has 2 rings (SSSR count). The van der Waals surface area contributed by atoms with E-state index in [0.717, 1.165) is 12.2 Å². The fourth-order valence-electron chi connectivity index (χ4n) is 2.09. The molecule has 0 N–H and O–H groups in total. The summed E-state index contributed by atoms with van der Waals surface area (Å²) in [5.41, 5.74) is 1.09. The lowest BCUT2D eigenvalue weighted by molar-refractivity contribution is 0.623. The standard InChI is InChI=1S/C12H13FN2/c1-9-3-2-6-15(9)11-4-5-12(13)10(7-11)8-14/h4-5,7,9H,2-3,6H2,1H3. The molecule has 1 aromatic rings. The topological polar surface area (TPSA) is 27.0 Å². The van der Waals surface area contributed by atoms with Crippen LogP contribution in [-0.4, -0.2) is 12.6 Å². The highest BCUT2D eigenvalue weighted by Crippen LogP contribution is 2.26. The van der Waals surface area contributed by atoms with Crippen molar-refractivity contribution in [2.24, 2.45) is 0 Å². The largest absolute Gasteiger partial charge is 0.369 e. The molecule has 1 aliphatic heterocycles. The second kappa shape index (κ2) is 3.90. The van der Waals surface area contributed by atoms with E-state index in [1.54, 1.807) is 12.1 Å². The normalized spacial score (nSPS) is 20.3. The van der Waals surface area contributed by atoms with Gasteiger partial charge in [0, 0.05) is 18.3 Å². The minimum absolute atomic E-state index is 0.131. The van der Waals surface area contributed by atoms with Gasteiger partial charge in [-0.2, -0.15) is 5.26 Å². The molecule has 1 aromatic carbocycles. The van der Waals surface area contributed by atoms with Crippen molar-refractivity contribution in [1.82, 2.24) is 0 Å². The fraction of sp³-hybridized carbons (Fsp3) is 0.417. The molecule has 0 aliphatic carbocycles. The maximum Gasteiger partial charge on any atom is 0.141 e. The first-order chi connectivity index (χ1) is 7.22. The average Bonchev–Trinajstić information content (AvgIpc) is 2.65. The van der Waals surface area contributed by atoms with E-state index in [1.165, 1.54) is 18.9 Å². The summed E-state index contributed by atoms with van der Waals surface area (Å²) in [5.74, 6) is -0.437. The molecular weight excluding hydrogens is 191 g/mol. The molecule has 1 atom stereocenters. The lowest BCUT2D eigenvalue weighted by Gasteiger charge is -2.23. The number of benzene rings is 1. The molecule has 1 unspecified atom stereocenters. The van der Waals surface area contributed by atoms with Crippen molar-refractivity contribution in [2.75, 3.05) is 11.4 Å². The SMILES string of the molecule is CC1CCCN1c1ccc(F)c(C#N)c1. The van der Waals surface area contributed by atoms with Crippen molar-refractivity contribution in [1.29, 1.82) is 5.26 Å². The van der Waals surface area contributed by atoms with Crippen LogP contribution in [0.1, 0.15) is 25.3 Å². The lowest BCUT2D eigenvalue weighted by atomic mass is 10.1. The van der Waals surface area contributed by atoms with Crippen LogP contribution in [0.4, 0.5) is 10.1 Å². The number of halogens is 1. The van der Waals surface area contributed by atoms with Crippen LogP contribution >= 0.6 is 0 Å². The molecule has 1 fully saturated rings. The van der Waals surface area contributed by atoms with Crippen molar-refractivity contribution < 1.29 is 4.39 Å². The molecule has 0 bridgehead atoms. The zero-order valence-corrected chi connectivity index (χ0v) is 8.70. The fourth-order valence-corrected chi connectivity index (χ4v) is 2.09. The molecule has 0 saturated carbocycles. The van der Waals surface area contributed by atoms with Gasteiger partial charge in [0.25, 0.3) is 0 Å². The summed E-state index contributed by atoms with van der Waals surface area (Å²) < 4.78 is 13.1. The number of nitriles is 1. The summed E-state index contributed by atoms with van der Waals surface area (Å²) in [6.45, 7) is 3.15. The maximum atomic E-state index is 13.1. The summed E-state index contributed by atoms with van der Waals surface area (Å²) in [7, 11) is 0. The number of hydrogen-bond acceptors (Lipinski definition) is 2. The number of rotatable bonds is 1. The minimum Gasteiger partial charge on any atom is -0.369 e. The van der Waals surface area contributed by atoms with Crippen LogP contribution in [0.15, 0.2) is 18.2 Å². The predicted octanol–water partition coefficient (Wildman–Crippen LogP) is 2.69. The Kier molecular flexibility index (Phi) is 2.59. The van der Waals surface area contributed by atoms with E-state index in [1.807, 2.05) is 6.07 Å². The van der Waals surface area contributed by atoms with E-state index in [9.17, 15) is 4.39 Å². The van der Waals surface area contributed by atoms with E-state index in [2.05, 4.69) is 11.8 Å². The van der Waals surface area contributed by atoms with E-state index in [0.29, 0.717) is 6.04 Å². The second-order valence-corrected chi connectivity index (χ2v) is 3.96. The maximum absolute atomic E-state index is 13.1. The van der Waals surface area contributed by atoms with Gasteiger partial charge >= 0.3 is 0 Å². The van der Waals surface area contributed by atoms with Crippen molar-refractivity contribution in [3.63, 3.8) is 0 Å². The second-order valence-electron chi connectivity index (χ2n) is 3.96. The van der Waals surface area contributed by atoms with Gasteiger partial charge in [0.2, 0.25) is 0 Å². The Bertz CT molecular complexity index is 409. The van der Waals surface area contributed by atoms with Crippen LogP contribution in [0.2, 0.25) is 0 Å². The van der Waals surface area contributed by atoms with Crippen molar-refractivity contribution >= 4 is 5.69 Å². The van der Waals surface area contributed by atoms with Crippen molar-refractivity contribution in [2.45, 2.75) is 25.8 Å². The first-order valence-electron chi connectivity index (χ1n) is 5.18. The molecule has 15 heavy (non-hydrogen) atoms. The Labute approximate surface area is 88.9 Å². The van der Waals surface area contributed by atoms with Crippen LogP contribution in [0.25, 0.3) is 0 Å². The molecule has 1 aliphatic rings. The van der Waals surface area contributed by atoms with Gasteiger partial charge in [-0.05, 0) is 38.0 Å². The zero-order chi connectivity index (χ0) is 10.8. The molecule has 0 amide bonds. The molecule has 0 aromatic heterocycles. The van der Waals surface area contributed by atoms with Crippen LogP contribution in [0.5, 0.6) is 0 Å². The van der Waals surface area contributed by atoms with Gasteiger partial charge in [-0.25, -0.2) is 4.39 Å². The van der Waals surface area contributed by atoms with Crippen LogP contribution in [0, 0.1) is 17.1 Å². The van der Waals surface area contributed by atoms with Gasteiger partial charge in [-0.3, -0.25) is 0 Å². The first-order valence-corrected chi connectivity index (χ1v) is 5.18. The van der Waals surface area contributed by atoms with Crippen molar-refractivity contribution in [3.8, 4) is 6.07 Å². The summed E-state index contributed by atoms with van der Waals surface area (Å²) >= 11 is 0. The van der Waals surface area contributed by atoms with E-state index in [-0.39, 0.29) is 5.56 Å². The van der Waals surface area contributed by atoms with Crippen LogP contribution in [-0.2, 0) is 0 Å². The third-order valence-corrected chi connectivity index (χ3v) is 2.96. The molecular formula is C12H13FN2. The molecule has 3 heteroatoms. The molecule has 78 valence electrons. The minimum atomic E-state index is -0.437. The van der Waals surface area contributed by atoms with Gasteiger partial charge in [-0.15, -0.1) is 0 Å². The molecule has 0 spiro atoms. The highest BCUT2D eigenvalue weighted by molar-refractivity contribution is 5.53. The van der Waals surface area contributed by atoms with Gasteiger partial charge in [-0.1, -0.05) is 0 Å². The Balaban J connectivity index is 2.33. The lowest BCUT2D eigenvalue weighted by Crippen LogP contribution is -2.26. The van der Waals surface area contributed by atoms with Gasteiger partial charge in [0.15, 0.2) is 0 Å². The number of hydrogen-bond donors (Lipinski definition) is 0. The monoisotopic (exact) mass is 204 g/mol. The molecule has 0 radical (unpaired) electrons. The van der Waals surface area contributed by atoms with Crippen LogP contribution in [0.3, 0.4) is 0 Å². The van der Waals surface area contributed by atoms with Gasteiger partial charge < -0.3 is 4.90 Å². The smallest absolute Gasteiger partial charge is 0.141 e. The first kappa shape index (κ1) is 9.97. The predicted molar refractivity (Wildman–Crippen MR) is 57.2 cm³/mol. The zero-order valence-electron chi connectivity index (χ0n) is 8.70. The summed E-state index contributed by atoms with van der Waals surface area (Å²) in [5, 5.41) is 8.74. The van der Waals surface area contributed by atoms with Gasteiger partial charge in [0.05, 0.1) is 5.56 Å². The Hall–Kier alpha value is -1.56. The Morgan fingerprint density at radius 3 is 2.93 bits per heavy atom. The number of nitrogens with zero attached hydrogens (tertiary/aromatic N) is 2. The molecule has 1 saturated heterocycles. The molecule has 1 heterocycles. The van der Waals surface area contributed by atoms with E-state index < -0.39 is 5.82 Å². The summed E-state index contributed by atoms with van der Waals surface area (Å²) in [4.78, 5) is 2.22. The highest BCUT2D eigenvalue weighted by atomic mass is 19.1. The van der Waals surface area contributed by atoms with Crippen molar-refractivity contribution in [3.05, 3.63) is 29.6 Å². The summed E-state index contributed by atoms with van der Waals surface area (Å²) in [6.07, 6.45) is 2.33. The van der Waals surface area contributed by atoms with Crippen LogP contribution < -0.4 is 4.90 Å². The Morgan fingerprint density at radius 1 is 1.53 bits per heavy atom. The van der Waals surface area contributed by atoms with E-state index >= 15 is 0 Å². The van der Waals surface area contributed by atoms with Gasteiger partial charge in [0.1, 0.15) is 11.9 Å². The highest BCUT2D eigenvalue weighted by Gasteiger charge is 2.21. The summed E-state index contributed by atoms with van der Waals surface area (Å²) in [6, 6.07) is 7.12. The van der Waals surface area contributed by atoms with E-state index in [4.69, 9.17) is 5.26 Å². The average molecular weight is 204 g/mol. The Morgan fingerprint density at radius 2 is 2.33 bits per heavy atom. The third kappa shape index (κ3) is 1.80.